The Bertz CT molecular complexity index is 2330. The Balaban J connectivity index is 1.10. The lowest BCUT2D eigenvalue weighted by atomic mass is 9.95. The molecular formula is C45H53F2N7O10. The van der Waals surface area contributed by atoms with Crippen molar-refractivity contribution < 1.29 is 56.7 Å². The van der Waals surface area contributed by atoms with Crippen LogP contribution >= 0.6 is 0 Å². The fourth-order valence-corrected chi connectivity index (χ4v) is 8.17. The van der Waals surface area contributed by atoms with Crippen LogP contribution in [0.1, 0.15) is 62.0 Å². The van der Waals surface area contributed by atoms with E-state index in [2.05, 4.69) is 15.6 Å². The molecule has 3 N–H and O–H groups in total. The number of hydrogen-bond acceptors (Lipinski definition) is 12. The van der Waals surface area contributed by atoms with Gasteiger partial charge in [-0.25, -0.2) is 13.5 Å². The van der Waals surface area contributed by atoms with Crippen molar-refractivity contribution in [2.75, 3.05) is 78.2 Å². The lowest BCUT2D eigenvalue weighted by molar-refractivity contribution is -0.138. The van der Waals surface area contributed by atoms with Gasteiger partial charge in [0.05, 0.1) is 82.0 Å². The van der Waals surface area contributed by atoms with Crippen LogP contribution in [0.5, 0.6) is 11.5 Å². The highest BCUT2D eigenvalue weighted by molar-refractivity contribution is 5.98. The number of fused-ring (bicyclic) bond motifs is 3. The maximum absolute atomic E-state index is 14.7. The first-order chi connectivity index (χ1) is 30.8. The Kier molecular flexibility index (Phi) is 14.8. The number of carboxylic acid groups (broad SMARTS) is 1. The number of rotatable bonds is 18. The van der Waals surface area contributed by atoms with Crippen LogP contribution < -0.4 is 20.1 Å². The number of carbonyl (C=O) groups is 4. The van der Waals surface area contributed by atoms with E-state index < -0.39 is 29.0 Å². The highest BCUT2D eigenvalue weighted by Gasteiger charge is 2.39. The van der Waals surface area contributed by atoms with Crippen LogP contribution in [0.15, 0.2) is 48.8 Å². The Morgan fingerprint density at radius 3 is 2.42 bits per heavy atom. The third-order valence-electron chi connectivity index (χ3n) is 11.4. The van der Waals surface area contributed by atoms with Crippen LogP contribution in [0.25, 0.3) is 28.1 Å². The number of nitrogens with zero attached hydrogens (tertiary/aromatic N) is 5. The second kappa shape index (κ2) is 20.7. The maximum Gasteiger partial charge on any atom is 0.305 e. The molecule has 3 amide bonds. The van der Waals surface area contributed by atoms with Gasteiger partial charge in [0.25, 0.3) is 5.91 Å². The van der Waals surface area contributed by atoms with E-state index in [4.69, 9.17) is 33.9 Å². The summed E-state index contributed by atoms with van der Waals surface area (Å²) in [6.07, 6.45) is 4.41. The monoisotopic (exact) mass is 889 g/mol. The lowest BCUT2D eigenvalue weighted by Gasteiger charge is -2.41. The van der Waals surface area contributed by atoms with Crippen LogP contribution in [-0.2, 0) is 35.2 Å². The summed E-state index contributed by atoms with van der Waals surface area (Å²) in [6.45, 7) is 7.43. The highest BCUT2D eigenvalue weighted by Crippen LogP contribution is 2.46. The van der Waals surface area contributed by atoms with Crippen molar-refractivity contribution in [2.45, 2.75) is 64.1 Å². The number of amides is 3. The molecule has 3 aliphatic heterocycles. The quantitative estimate of drug-likeness (QED) is 0.115. The second-order valence-electron chi connectivity index (χ2n) is 16.3. The number of anilines is 1. The van der Waals surface area contributed by atoms with Gasteiger partial charge >= 0.3 is 5.97 Å². The zero-order chi connectivity index (χ0) is 45.4. The molecule has 3 aliphatic rings. The molecule has 19 heteroatoms. The molecule has 2 fully saturated rings. The van der Waals surface area contributed by atoms with Gasteiger partial charge in [-0.3, -0.25) is 24.2 Å². The van der Waals surface area contributed by atoms with Crippen LogP contribution in [0, 0.1) is 11.6 Å². The SMILES string of the molecule is COc1cc2c(cc1-c1cncc(NC(=O)CCC(=O)N(CCOCCOCCC(=O)O)C3CCNCC3)c1)-c1c(c(C(=O)N3CCOCC3(C)C)nn1-c1cc(F)cc(F)c1)CO2. The van der Waals surface area contributed by atoms with Crippen LogP contribution in [0.4, 0.5) is 14.5 Å². The highest BCUT2D eigenvalue weighted by atomic mass is 19.1. The minimum absolute atomic E-state index is 0.00107. The van der Waals surface area contributed by atoms with Crippen LogP contribution in [-0.4, -0.2) is 138 Å². The Morgan fingerprint density at radius 1 is 0.953 bits per heavy atom. The zero-order valence-electron chi connectivity index (χ0n) is 36.1. The van der Waals surface area contributed by atoms with E-state index >= 15 is 0 Å². The number of carbonyl (C=O) groups excluding carboxylic acids is 3. The molecule has 0 bridgehead atoms. The van der Waals surface area contributed by atoms with Gasteiger partial charge in [0.15, 0.2) is 5.69 Å². The molecule has 5 heterocycles. The number of methoxy groups -OCH3 is 1. The van der Waals surface area contributed by atoms with Crippen molar-refractivity contribution in [3.63, 3.8) is 0 Å². The van der Waals surface area contributed by atoms with Crippen molar-refractivity contribution in [3.05, 3.63) is 71.7 Å². The number of pyridine rings is 1. The van der Waals surface area contributed by atoms with Crippen molar-refractivity contribution in [1.29, 1.82) is 0 Å². The number of piperidine rings is 1. The molecule has 64 heavy (non-hydrogen) atoms. The predicted molar refractivity (Wildman–Crippen MR) is 228 cm³/mol. The first kappa shape index (κ1) is 46.0. The summed E-state index contributed by atoms with van der Waals surface area (Å²) in [5.41, 5.74) is 2.22. The van der Waals surface area contributed by atoms with Crippen molar-refractivity contribution in [2.24, 2.45) is 0 Å². The van der Waals surface area contributed by atoms with E-state index in [0.717, 1.165) is 44.1 Å². The van der Waals surface area contributed by atoms with Gasteiger partial charge in [0.1, 0.15) is 29.7 Å². The summed E-state index contributed by atoms with van der Waals surface area (Å²) in [4.78, 5) is 59.7. The van der Waals surface area contributed by atoms with Gasteiger partial charge in [-0.15, -0.1) is 0 Å². The number of carboxylic acids is 1. The molecule has 0 spiro atoms. The van der Waals surface area contributed by atoms with E-state index in [0.29, 0.717) is 71.4 Å². The fourth-order valence-electron chi connectivity index (χ4n) is 8.17. The van der Waals surface area contributed by atoms with Gasteiger partial charge in [0.2, 0.25) is 11.8 Å². The normalized spacial score (nSPS) is 15.7. The molecule has 0 unspecified atom stereocenters. The summed E-state index contributed by atoms with van der Waals surface area (Å²) in [5.74, 6) is -2.74. The smallest absolute Gasteiger partial charge is 0.305 e. The molecule has 0 atom stereocenters. The van der Waals surface area contributed by atoms with E-state index in [1.165, 1.54) is 18.0 Å². The molecule has 17 nitrogen and oxygen atoms in total. The summed E-state index contributed by atoms with van der Waals surface area (Å²) >= 11 is 0. The average Bonchev–Trinajstić information content (AvgIpc) is 3.67. The summed E-state index contributed by atoms with van der Waals surface area (Å²) < 4.78 is 59.4. The summed E-state index contributed by atoms with van der Waals surface area (Å²) in [5, 5.41) is 19.6. The molecular weight excluding hydrogens is 837 g/mol. The van der Waals surface area contributed by atoms with E-state index in [9.17, 15) is 28.0 Å². The van der Waals surface area contributed by atoms with E-state index in [-0.39, 0.29) is 81.5 Å². The molecule has 2 saturated heterocycles. The number of halogens is 2. The Morgan fingerprint density at radius 2 is 1.70 bits per heavy atom. The first-order valence-corrected chi connectivity index (χ1v) is 21.3. The van der Waals surface area contributed by atoms with Gasteiger partial charge in [-0.2, -0.15) is 5.10 Å². The van der Waals surface area contributed by atoms with E-state index in [1.54, 1.807) is 34.2 Å². The molecule has 4 aromatic rings. The number of benzene rings is 2. The second-order valence-corrected chi connectivity index (χ2v) is 16.3. The minimum atomic E-state index is -0.938. The number of aliphatic carboxylic acids is 1. The third-order valence-corrected chi connectivity index (χ3v) is 11.4. The fraction of sp³-hybridized carbons (Fsp3) is 0.467. The summed E-state index contributed by atoms with van der Waals surface area (Å²) in [6, 6.07) is 8.18. The zero-order valence-corrected chi connectivity index (χ0v) is 36.1. The molecule has 0 saturated carbocycles. The lowest BCUT2D eigenvalue weighted by Crippen LogP contribution is -2.55. The van der Waals surface area contributed by atoms with Gasteiger partial charge < -0.3 is 49.2 Å². The first-order valence-electron chi connectivity index (χ1n) is 21.3. The Hall–Kier alpha value is -6.02. The van der Waals surface area contributed by atoms with Crippen molar-refractivity contribution in [1.82, 2.24) is 29.9 Å². The number of morpholine rings is 1. The molecule has 2 aromatic heterocycles. The average molecular weight is 890 g/mol. The van der Waals surface area contributed by atoms with Gasteiger partial charge in [0, 0.05) is 72.6 Å². The standard InChI is InChI=1S/C45H53F2N7O10/c1-45(2)27-63-15-12-53(45)44(59)42-36-26-64-38-23-37(60-3)34(22-35(38)43(36)54(51-42)33-20-29(46)19-30(47)21-33)28-18-31(25-49-24-28)50-39(55)4-5-40(56)52(32-6-9-48-10-7-32)11-14-62-17-16-61-13-8-41(57)58/h18-25,32,48H,4-17,26-27H2,1-3H3,(H,50,55)(H,57,58). The maximum atomic E-state index is 14.7. The number of hydrogen-bond donors (Lipinski definition) is 3. The van der Waals surface area contributed by atoms with Gasteiger partial charge in [-0.05, 0) is 64.0 Å². The molecule has 2 aromatic carbocycles. The van der Waals surface area contributed by atoms with Crippen LogP contribution in [0.3, 0.4) is 0 Å². The Labute approximate surface area is 368 Å². The third kappa shape index (κ3) is 10.8. The molecule has 342 valence electrons. The molecule has 0 radical (unpaired) electrons. The minimum Gasteiger partial charge on any atom is -0.496 e. The van der Waals surface area contributed by atoms with E-state index in [1.807, 2.05) is 13.8 Å². The number of aromatic nitrogens is 3. The molecule has 0 aliphatic carbocycles. The number of nitrogens with one attached hydrogen (secondary N) is 2. The van der Waals surface area contributed by atoms with Crippen molar-refractivity contribution in [3.8, 4) is 39.6 Å². The number of ether oxygens (including phenoxy) is 5. The van der Waals surface area contributed by atoms with Crippen LogP contribution in [0.2, 0.25) is 0 Å². The largest absolute Gasteiger partial charge is 0.496 e. The summed E-state index contributed by atoms with van der Waals surface area (Å²) in [7, 11) is 1.50. The topological polar surface area (TPSA) is 196 Å². The predicted octanol–water partition coefficient (Wildman–Crippen LogP) is 4.84. The van der Waals surface area contributed by atoms with Gasteiger partial charge in [-0.1, -0.05) is 0 Å². The van der Waals surface area contributed by atoms with Crippen molar-refractivity contribution >= 4 is 29.4 Å². The molecule has 7 rings (SSSR count).